The van der Waals surface area contributed by atoms with Gasteiger partial charge < -0.3 is 25.4 Å². The minimum Gasteiger partial charge on any atom is -0.494 e. The number of ether oxygens (including phenoxy) is 1. The van der Waals surface area contributed by atoms with E-state index in [0.29, 0.717) is 24.2 Å². The summed E-state index contributed by atoms with van der Waals surface area (Å²) in [6.45, 7) is 0.371. The molecule has 0 saturated carbocycles. The van der Waals surface area contributed by atoms with Crippen LogP contribution in [0.4, 0.5) is 28.0 Å². The van der Waals surface area contributed by atoms with E-state index in [1.807, 2.05) is 0 Å². The summed E-state index contributed by atoms with van der Waals surface area (Å²) in [6.07, 6.45) is -3.07. The summed E-state index contributed by atoms with van der Waals surface area (Å²) >= 11 is 0. The van der Waals surface area contributed by atoms with Gasteiger partial charge in [0.1, 0.15) is 11.9 Å². The Labute approximate surface area is 210 Å². The number of pyridine rings is 1. The molecule has 4 N–H and O–H groups in total. The molecule has 2 aliphatic rings. The number of nitrogens with one attached hydrogen (secondary N) is 1. The molecular weight excluding hydrogens is 498 g/mol. The number of imide groups is 1. The smallest absolute Gasteiger partial charge is 0.324 e. The third-order valence-electron chi connectivity index (χ3n) is 6.71. The van der Waals surface area contributed by atoms with Crippen LogP contribution in [-0.2, 0) is 11.3 Å². The summed E-state index contributed by atoms with van der Waals surface area (Å²) in [5, 5.41) is 12.3. The van der Waals surface area contributed by atoms with Crippen molar-refractivity contribution in [1.82, 2.24) is 15.2 Å². The molecule has 2 aromatic rings. The number of urea groups is 1. The second-order valence-electron chi connectivity index (χ2n) is 9.23. The first-order valence-electron chi connectivity index (χ1n) is 11.6. The Kier molecular flexibility index (Phi) is 7.55. The molecule has 0 unspecified atom stereocenters. The van der Waals surface area contributed by atoms with Crippen molar-refractivity contribution in [1.29, 1.82) is 0 Å². The maximum absolute atomic E-state index is 14.8. The van der Waals surface area contributed by atoms with Crippen molar-refractivity contribution in [2.75, 3.05) is 31.6 Å². The number of rotatable bonds is 7. The Balaban J connectivity index is 1.74. The number of aliphatic hydroxyl groups is 1. The number of aliphatic hydroxyl groups excluding tert-OH is 1. The maximum atomic E-state index is 14.8. The number of carbonyl (C=O) groups excluding carboxylic acids is 2. The van der Waals surface area contributed by atoms with Gasteiger partial charge in [0.15, 0.2) is 11.6 Å². The second-order valence-corrected chi connectivity index (χ2v) is 9.23. The summed E-state index contributed by atoms with van der Waals surface area (Å²) in [4.78, 5) is 31.3. The van der Waals surface area contributed by atoms with Gasteiger partial charge in [-0.1, -0.05) is 0 Å². The molecule has 3 heterocycles. The van der Waals surface area contributed by atoms with Crippen LogP contribution < -0.4 is 20.7 Å². The van der Waals surface area contributed by atoms with Crippen LogP contribution in [0.25, 0.3) is 11.3 Å². The minimum atomic E-state index is -3.03. The number of alkyl halides is 2. The van der Waals surface area contributed by atoms with Crippen LogP contribution in [0, 0.1) is 11.6 Å². The standard InChI is InChI=1S/C24H27F4N5O4/c1-37-19-9-15(25)14(8-16(19)26)17-7-13(11-32-6-3-20(34)31-23(32)36)18(10-30-17)33-5-2-4-24(29,12-33)21(35)22(27)28/h7-10,21-22,35H,2-6,11-12,29H2,1H3,(H,31,34,36)/t21-,24-/m1/s1. The number of nitrogens with two attached hydrogens (primary N) is 1. The van der Waals surface area contributed by atoms with E-state index in [1.54, 1.807) is 4.90 Å². The molecule has 13 heteroatoms. The number of carbonyl (C=O) groups is 2. The zero-order valence-electron chi connectivity index (χ0n) is 20.0. The molecule has 0 aliphatic carbocycles. The highest BCUT2D eigenvalue weighted by Gasteiger charge is 2.43. The number of anilines is 1. The average Bonchev–Trinajstić information content (AvgIpc) is 2.86. The molecule has 0 spiro atoms. The molecule has 2 atom stereocenters. The predicted octanol–water partition coefficient (Wildman–Crippen LogP) is 2.40. The van der Waals surface area contributed by atoms with E-state index in [2.05, 4.69) is 10.3 Å². The molecular formula is C24H27F4N5O4. The van der Waals surface area contributed by atoms with E-state index in [1.165, 1.54) is 24.3 Å². The fourth-order valence-corrected chi connectivity index (χ4v) is 4.70. The number of amides is 3. The fourth-order valence-electron chi connectivity index (χ4n) is 4.70. The second kappa shape index (κ2) is 10.5. The third-order valence-corrected chi connectivity index (χ3v) is 6.71. The fraction of sp³-hybridized carbons (Fsp3) is 0.458. The van der Waals surface area contributed by atoms with Gasteiger partial charge >= 0.3 is 6.03 Å². The van der Waals surface area contributed by atoms with Crippen LogP contribution in [-0.4, -0.2) is 71.7 Å². The topological polar surface area (TPSA) is 121 Å². The summed E-state index contributed by atoms with van der Waals surface area (Å²) in [6, 6.07) is 2.68. The summed E-state index contributed by atoms with van der Waals surface area (Å²) < 4.78 is 60.6. The number of methoxy groups -OCH3 is 1. The van der Waals surface area contributed by atoms with Gasteiger partial charge in [0.25, 0.3) is 6.43 Å². The number of aromatic nitrogens is 1. The lowest BCUT2D eigenvalue weighted by Gasteiger charge is -2.44. The van der Waals surface area contributed by atoms with E-state index in [0.717, 1.165) is 12.1 Å². The minimum absolute atomic E-state index is 0.0320. The number of benzene rings is 1. The number of hydrogen-bond donors (Lipinski definition) is 3. The van der Waals surface area contributed by atoms with Crippen molar-refractivity contribution in [2.45, 2.75) is 43.9 Å². The highest BCUT2D eigenvalue weighted by Crippen LogP contribution is 2.34. The summed E-state index contributed by atoms with van der Waals surface area (Å²) in [5.74, 6) is -2.29. The Morgan fingerprint density at radius 1 is 1.22 bits per heavy atom. The van der Waals surface area contributed by atoms with Crippen molar-refractivity contribution in [3.05, 3.63) is 41.6 Å². The first kappa shape index (κ1) is 26.6. The maximum Gasteiger partial charge on any atom is 0.324 e. The molecule has 2 fully saturated rings. The summed E-state index contributed by atoms with van der Waals surface area (Å²) in [7, 11) is 1.21. The van der Waals surface area contributed by atoms with E-state index < -0.39 is 41.6 Å². The van der Waals surface area contributed by atoms with Gasteiger partial charge in [0.2, 0.25) is 5.91 Å². The predicted molar refractivity (Wildman–Crippen MR) is 125 cm³/mol. The first-order valence-corrected chi connectivity index (χ1v) is 11.6. The van der Waals surface area contributed by atoms with Crippen molar-refractivity contribution >= 4 is 17.6 Å². The Bertz CT molecular complexity index is 1200. The highest BCUT2D eigenvalue weighted by atomic mass is 19.3. The van der Waals surface area contributed by atoms with Crippen LogP contribution in [0.1, 0.15) is 24.8 Å². The van der Waals surface area contributed by atoms with Crippen LogP contribution in [0.3, 0.4) is 0 Å². The first-order chi connectivity index (χ1) is 17.5. The monoisotopic (exact) mass is 525 g/mol. The molecule has 9 nitrogen and oxygen atoms in total. The van der Waals surface area contributed by atoms with Crippen molar-refractivity contribution in [3.63, 3.8) is 0 Å². The van der Waals surface area contributed by atoms with Gasteiger partial charge in [-0.25, -0.2) is 22.4 Å². The molecule has 4 rings (SSSR count). The van der Waals surface area contributed by atoms with E-state index in [4.69, 9.17) is 10.5 Å². The number of piperidine rings is 1. The quantitative estimate of drug-likeness (QED) is 0.475. The van der Waals surface area contributed by atoms with Gasteiger partial charge in [-0.2, -0.15) is 0 Å². The molecule has 1 aromatic carbocycles. The van der Waals surface area contributed by atoms with Crippen LogP contribution in [0.2, 0.25) is 0 Å². The van der Waals surface area contributed by atoms with Crippen LogP contribution in [0.15, 0.2) is 24.4 Å². The molecule has 200 valence electrons. The van der Waals surface area contributed by atoms with Gasteiger partial charge in [-0.3, -0.25) is 15.1 Å². The zero-order valence-corrected chi connectivity index (χ0v) is 20.0. The van der Waals surface area contributed by atoms with Crippen molar-refractivity contribution < 1.29 is 37.0 Å². The number of nitrogens with zero attached hydrogens (tertiary/aromatic N) is 3. The highest BCUT2D eigenvalue weighted by molar-refractivity contribution is 5.96. The lowest BCUT2D eigenvalue weighted by molar-refractivity contribution is -0.121. The van der Waals surface area contributed by atoms with E-state index >= 15 is 0 Å². The average molecular weight is 526 g/mol. The molecule has 1 aromatic heterocycles. The van der Waals surface area contributed by atoms with Gasteiger partial charge in [0.05, 0.1) is 30.2 Å². The molecule has 0 bridgehead atoms. The third kappa shape index (κ3) is 5.47. The molecule has 2 saturated heterocycles. The lowest BCUT2D eigenvalue weighted by atomic mass is 9.84. The lowest BCUT2D eigenvalue weighted by Crippen LogP contribution is -2.63. The summed E-state index contributed by atoms with van der Waals surface area (Å²) in [5.41, 5.74) is 5.38. The Morgan fingerprint density at radius 2 is 1.97 bits per heavy atom. The number of hydrogen-bond acceptors (Lipinski definition) is 7. The van der Waals surface area contributed by atoms with Gasteiger partial charge in [-0.15, -0.1) is 0 Å². The van der Waals surface area contributed by atoms with Gasteiger partial charge in [-0.05, 0) is 30.5 Å². The van der Waals surface area contributed by atoms with E-state index in [-0.39, 0.29) is 49.5 Å². The Hall–Kier alpha value is -3.45. The SMILES string of the molecule is COc1cc(F)c(-c2cc(CN3CCC(=O)NC3=O)c(N3CCC[C@](N)([C@H](O)C(F)F)C3)cn2)cc1F. The van der Waals surface area contributed by atoms with Crippen molar-refractivity contribution in [2.24, 2.45) is 5.73 Å². The van der Waals surface area contributed by atoms with Crippen LogP contribution >= 0.6 is 0 Å². The number of halogens is 4. The normalized spacial score (nSPS) is 21.3. The molecule has 3 amide bonds. The molecule has 0 radical (unpaired) electrons. The zero-order chi connectivity index (χ0) is 26.9. The Morgan fingerprint density at radius 3 is 2.65 bits per heavy atom. The van der Waals surface area contributed by atoms with Crippen LogP contribution in [0.5, 0.6) is 5.75 Å². The van der Waals surface area contributed by atoms with Crippen molar-refractivity contribution in [3.8, 4) is 17.0 Å². The molecule has 2 aliphatic heterocycles. The largest absolute Gasteiger partial charge is 0.494 e. The van der Waals surface area contributed by atoms with Gasteiger partial charge in [0, 0.05) is 44.2 Å². The molecule has 37 heavy (non-hydrogen) atoms. The van der Waals surface area contributed by atoms with E-state index in [9.17, 15) is 32.3 Å².